The smallest absolute Gasteiger partial charge is 0.340 e. The van der Waals surface area contributed by atoms with Gasteiger partial charge in [-0.3, -0.25) is 4.79 Å². The largest absolute Gasteiger partial charge is 0.373 e. The van der Waals surface area contributed by atoms with E-state index in [2.05, 4.69) is 13.8 Å². The van der Waals surface area contributed by atoms with Gasteiger partial charge in [-0.25, -0.2) is 0 Å². The van der Waals surface area contributed by atoms with Crippen LogP contribution in [-0.2, 0) is 14.4 Å². The van der Waals surface area contributed by atoms with Gasteiger partial charge in [0.05, 0.1) is 0 Å². The highest BCUT2D eigenvalue weighted by Crippen LogP contribution is 2.14. The second-order valence-corrected chi connectivity index (χ2v) is 3.03. The molecule has 1 saturated heterocycles. The summed E-state index contributed by atoms with van der Waals surface area (Å²) in [5, 5.41) is 0. The molecule has 0 aromatic rings. The van der Waals surface area contributed by atoms with Crippen LogP contribution in [0.2, 0.25) is 0 Å². The Labute approximate surface area is 77.9 Å². The number of amides is 1. The first kappa shape index (κ1) is 11.8. The Kier molecular flexibility index (Phi) is 5.81. The highest BCUT2D eigenvalue weighted by atomic mass is 16.2. The lowest BCUT2D eigenvalue weighted by Crippen LogP contribution is -2.33. The normalized spacial score (nSPS) is 17.4. The summed E-state index contributed by atoms with van der Waals surface area (Å²) in [6, 6.07) is 0.454. The summed E-state index contributed by atoms with van der Waals surface area (Å²) in [6.45, 7) is 5.22. The van der Waals surface area contributed by atoms with E-state index in [9.17, 15) is 4.79 Å². The van der Waals surface area contributed by atoms with E-state index in [1.54, 1.807) is 0 Å². The molecule has 0 aromatic heterocycles. The van der Waals surface area contributed by atoms with E-state index in [1.165, 1.54) is 0 Å². The molecule has 0 radical (unpaired) electrons. The summed E-state index contributed by atoms with van der Waals surface area (Å²) in [6.07, 6.45) is 3.15. The molecule has 0 bridgehead atoms. The summed E-state index contributed by atoms with van der Waals surface area (Å²) < 4.78 is 0. The van der Waals surface area contributed by atoms with E-state index in [1.807, 2.05) is 4.90 Å². The van der Waals surface area contributed by atoms with Gasteiger partial charge in [-0.05, 0) is 19.8 Å². The Hall–Kier alpha value is -1.15. The minimum Gasteiger partial charge on any atom is -0.340 e. The number of likely N-dealkylation sites (tertiary alicyclic amines) is 1. The maximum atomic E-state index is 11.1. The fourth-order valence-electron chi connectivity index (χ4n) is 1.36. The van der Waals surface area contributed by atoms with Crippen molar-refractivity contribution in [1.29, 1.82) is 0 Å². The molecule has 0 aliphatic carbocycles. The monoisotopic (exact) mass is 185 g/mol. The zero-order valence-electron chi connectivity index (χ0n) is 8.08. The Morgan fingerprint density at radius 2 is 2.08 bits per heavy atom. The van der Waals surface area contributed by atoms with Crippen molar-refractivity contribution >= 4 is 12.1 Å². The average molecular weight is 185 g/mol. The van der Waals surface area contributed by atoms with Crippen molar-refractivity contribution in [3.05, 3.63) is 0 Å². The molecule has 1 amide bonds. The Bertz CT molecular complexity index is 197. The Morgan fingerprint density at radius 3 is 2.38 bits per heavy atom. The second kappa shape index (κ2) is 6.38. The number of hydrogen-bond acceptors (Lipinski definition) is 3. The summed E-state index contributed by atoms with van der Waals surface area (Å²) in [5.41, 5.74) is 0. The molecule has 1 rings (SSSR count). The summed E-state index contributed by atoms with van der Waals surface area (Å²) in [7, 11) is 0. The lowest BCUT2D eigenvalue weighted by atomic mass is 10.2. The number of carbonyl (C=O) groups excluding carboxylic acids is 3. The molecule has 4 heteroatoms. The summed E-state index contributed by atoms with van der Waals surface area (Å²) in [4.78, 5) is 29.3. The van der Waals surface area contributed by atoms with Crippen LogP contribution in [0.15, 0.2) is 0 Å². The van der Waals surface area contributed by atoms with E-state index in [-0.39, 0.29) is 6.15 Å². The standard InChI is InChI=1S/C8H15NO.CO2/c1-3-7(2)9-6-4-5-8(9)10;2-1-3/h7H,3-6H2,1-2H3;. The van der Waals surface area contributed by atoms with Gasteiger partial charge in [0.2, 0.25) is 5.91 Å². The van der Waals surface area contributed by atoms with Crippen molar-refractivity contribution in [2.45, 2.75) is 39.2 Å². The fourth-order valence-corrected chi connectivity index (χ4v) is 1.36. The molecule has 0 spiro atoms. The first-order valence-electron chi connectivity index (χ1n) is 4.46. The van der Waals surface area contributed by atoms with Gasteiger partial charge in [0.1, 0.15) is 0 Å². The summed E-state index contributed by atoms with van der Waals surface area (Å²) in [5.74, 6) is 0.342. The first-order valence-corrected chi connectivity index (χ1v) is 4.46. The van der Waals surface area contributed by atoms with Crippen LogP contribution in [0.5, 0.6) is 0 Å². The van der Waals surface area contributed by atoms with Gasteiger partial charge in [0, 0.05) is 19.0 Å². The molecule has 1 atom stereocenters. The van der Waals surface area contributed by atoms with Crippen molar-refractivity contribution in [2.75, 3.05) is 6.54 Å². The maximum Gasteiger partial charge on any atom is 0.373 e. The van der Waals surface area contributed by atoms with E-state index in [0.717, 1.165) is 25.8 Å². The van der Waals surface area contributed by atoms with Crippen LogP contribution in [0.4, 0.5) is 0 Å². The predicted molar refractivity (Wildman–Crippen MR) is 45.7 cm³/mol. The molecule has 13 heavy (non-hydrogen) atoms. The molecule has 0 aromatic carbocycles. The highest BCUT2D eigenvalue weighted by Gasteiger charge is 2.23. The van der Waals surface area contributed by atoms with E-state index < -0.39 is 0 Å². The molecule has 0 saturated carbocycles. The molecule has 0 N–H and O–H groups in total. The lowest BCUT2D eigenvalue weighted by Gasteiger charge is -2.22. The van der Waals surface area contributed by atoms with E-state index in [4.69, 9.17) is 9.59 Å². The van der Waals surface area contributed by atoms with E-state index in [0.29, 0.717) is 11.9 Å². The number of nitrogens with zero attached hydrogens (tertiary/aromatic N) is 1. The lowest BCUT2D eigenvalue weighted by molar-refractivity contribution is -0.191. The summed E-state index contributed by atoms with van der Waals surface area (Å²) >= 11 is 0. The quantitative estimate of drug-likeness (QED) is 0.640. The molecular weight excluding hydrogens is 170 g/mol. The molecular formula is C9H15NO3. The van der Waals surface area contributed by atoms with Gasteiger partial charge < -0.3 is 4.90 Å². The van der Waals surface area contributed by atoms with Crippen LogP contribution in [0.1, 0.15) is 33.1 Å². The zero-order valence-corrected chi connectivity index (χ0v) is 8.08. The number of carbonyl (C=O) groups is 1. The van der Waals surface area contributed by atoms with Gasteiger partial charge in [0.15, 0.2) is 0 Å². The number of hydrogen-bond donors (Lipinski definition) is 0. The predicted octanol–water partition coefficient (Wildman–Crippen LogP) is 0.824. The van der Waals surface area contributed by atoms with Crippen LogP contribution in [0, 0.1) is 0 Å². The average Bonchev–Trinajstić information content (AvgIpc) is 2.52. The Balaban J connectivity index is 0.000000424. The van der Waals surface area contributed by atoms with Gasteiger partial charge in [0.25, 0.3) is 0 Å². The van der Waals surface area contributed by atoms with Crippen LogP contribution in [0.25, 0.3) is 0 Å². The zero-order chi connectivity index (χ0) is 10.3. The van der Waals surface area contributed by atoms with Crippen LogP contribution in [0.3, 0.4) is 0 Å². The molecule has 74 valence electrons. The van der Waals surface area contributed by atoms with Crippen LogP contribution < -0.4 is 0 Å². The van der Waals surface area contributed by atoms with Crippen LogP contribution in [-0.4, -0.2) is 29.5 Å². The first-order chi connectivity index (χ1) is 6.17. The van der Waals surface area contributed by atoms with Crippen molar-refractivity contribution in [3.8, 4) is 0 Å². The van der Waals surface area contributed by atoms with Crippen molar-refractivity contribution in [1.82, 2.24) is 4.90 Å². The van der Waals surface area contributed by atoms with Gasteiger partial charge in [-0.15, -0.1) is 0 Å². The fraction of sp³-hybridized carbons (Fsp3) is 0.778. The Morgan fingerprint density at radius 1 is 1.54 bits per heavy atom. The third-order valence-electron chi connectivity index (χ3n) is 2.23. The van der Waals surface area contributed by atoms with Crippen molar-refractivity contribution in [2.24, 2.45) is 0 Å². The number of rotatable bonds is 2. The van der Waals surface area contributed by atoms with Crippen LogP contribution >= 0.6 is 0 Å². The molecule has 4 nitrogen and oxygen atoms in total. The minimum absolute atomic E-state index is 0.250. The van der Waals surface area contributed by atoms with Gasteiger partial charge >= 0.3 is 6.15 Å². The molecule has 1 unspecified atom stereocenters. The SMILES string of the molecule is CCC(C)N1CCCC1=O.O=C=O. The maximum absolute atomic E-state index is 11.1. The minimum atomic E-state index is 0.250. The third-order valence-corrected chi connectivity index (χ3v) is 2.23. The van der Waals surface area contributed by atoms with Gasteiger partial charge in [-0.1, -0.05) is 6.92 Å². The van der Waals surface area contributed by atoms with Gasteiger partial charge in [-0.2, -0.15) is 9.59 Å². The molecule has 1 fully saturated rings. The van der Waals surface area contributed by atoms with E-state index >= 15 is 0 Å². The molecule has 1 heterocycles. The molecule has 1 aliphatic heterocycles. The molecule has 1 aliphatic rings. The third kappa shape index (κ3) is 3.85. The highest BCUT2D eigenvalue weighted by molar-refractivity contribution is 5.78. The second-order valence-electron chi connectivity index (χ2n) is 3.03. The van der Waals surface area contributed by atoms with Crippen molar-refractivity contribution in [3.63, 3.8) is 0 Å². The topological polar surface area (TPSA) is 54.5 Å². The van der Waals surface area contributed by atoms with Crippen molar-refractivity contribution < 1.29 is 14.4 Å².